The Morgan fingerprint density at radius 3 is 2.53 bits per heavy atom. The van der Waals surface area contributed by atoms with Crippen LogP contribution in [0, 0.1) is 6.92 Å². The van der Waals surface area contributed by atoms with Crippen molar-refractivity contribution < 1.29 is 4.74 Å². The van der Waals surface area contributed by atoms with Crippen LogP contribution in [-0.2, 0) is 0 Å². The van der Waals surface area contributed by atoms with Gasteiger partial charge in [0.25, 0.3) is 0 Å². The van der Waals surface area contributed by atoms with E-state index in [-0.39, 0.29) is 0 Å². The lowest BCUT2D eigenvalue weighted by Crippen LogP contribution is -1.90. The van der Waals surface area contributed by atoms with Gasteiger partial charge >= 0.3 is 0 Å². The first-order valence-electron chi connectivity index (χ1n) is 5.27. The topological polar surface area (TPSA) is 34.1 Å². The van der Waals surface area contributed by atoms with Crippen molar-refractivity contribution in [2.75, 3.05) is 12.4 Å². The normalized spacial score (nSPS) is 10.1. The molecule has 0 unspecified atom stereocenters. The number of halogens is 1. The van der Waals surface area contributed by atoms with Gasteiger partial charge in [-0.15, -0.1) is 0 Å². The van der Waals surface area contributed by atoms with E-state index in [1.54, 1.807) is 6.20 Å². The molecule has 1 heterocycles. The molecular weight excluding hydrogens is 280 g/mol. The minimum absolute atomic E-state index is 0.600. The van der Waals surface area contributed by atoms with Gasteiger partial charge in [-0.2, -0.15) is 0 Å². The van der Waals surface area contributed by atoms with Crippen molar-refractivity contribution >= 4 is 21.6 Å². The van der Waals surface area contributed by atoms with Crippen molar-refractivity contribution in [3.63, 3.8) is 0 Å². The summed E-state index contributed by atoms with van der Waals surface area (Å²) in [6.45, 7) is 2.00. The number of anilines is 1. The third-order valence-electron chi connectivity index (χ3n) is 2.39. The highest BCUT2D eigenvalue weighted by atomic mass is 79.9. The number of benzene rings is 1. The second kappa shape index (κ2) is 5.19. The molecule has 1 aromatic carbocycles. The van der Waals surface area contributed by atoms with Gasteiger partial charge in [0.05, 0.1) is 0 Å². The van der Waals surface area contributed by atoms with Crippen LogP contribution in [0.15, 0.2) is 41.0 Å². The number of aromatic nitrogens is 1. The molecule has 17 heavy (non-hydrogen) atoms. The Morgan fingerprint density at radius 1 is 1.24 bits per heavy atom. The quantitative estimate of drug-likeness (QED) is 0.929. The van der Waals surface area contributed by atoms with Gasteiger partial charge in [-0.25, -0.2) is 4.98 Å². The van der Waals surface area contributed by atoms with Crippen molar-refractivity contribution in [1.82, 2.24) is 4.98 Å². The smallest absolute Gasteiger partial charge is 0.219 e. The second-order valence-corrected chi connectivity index (χ2v) is 4.50. The summed E-state index contributed by atoms with van der Waals surface area (Å²) < 4.78 is 6.64. The molecule has 0 amide bonds. The number of rotatable bonds is 3. The molecule has 0 fully saturated rings. The van der Waals surface area contributed by atoms with Gasteiger partial charge in [0.2, 0.25) is 5.88 Å². The van der Waals surface area contributed by atoms with Gasteiger partial charge in [0.1, 0.15) is 5.75 Å². The van der Waals surface area contributed by atoms with E-state index in [1.807, 2.05) is 44.3 Å². The van der Waals surface area contributed by atoms with E-state index in [4.69, 9.17) is 4.74 Å². The van der Waals surface area contributed by atoms with E-state index in [0.29, 0.717) is 5.88 Å². The van der Waals surface area contributed by atoms with E-state index >= 15 is 0 Å². The SMILES string of the molecule is CNc1ccc(Oc2cc(C)c(Br)cn2)cc1. The molecule has 1 N–H and O–H groups in total. The fourth-order valence-electron chi connectivity index (χ4n) is 1.38. The largest absolute Gasteiger partial charge is 0.439 e. The molecule has 2 rings (SSSR count). The third kappa shape index (κ3) is 2.97. The number of nitrogens with zero attached hydrogens (tertiary/aromatic N) is 1. The predicted molar refractivity (Wildman–Crippen MR) is 72.7 cm³/mol. The first kappa shape index (κ1) is 11.9. The Labute approximate surface area is 109 Å². The molecule has 3 nitrogen and oxygen atoms in total. The first-order chi connectivity index (χ1) is 8.19. The van der Waals surface area contributed by atoms with Gasteiger partial charge in [-0.3, -0.25) is 0 Å². The van der Waals surface area contributed by atoms with Gasteiger partial charge in [-0.1, -0.05) is 0 Å². The van der Waals surface area contributed by atoms with Gasteiger partial charge in [0.15, 0.2) is 0 Å². The zero-order valence-electron chi connectivity index (χ0n) is 9.70. The molecule has 0 spiro atoms. The molecule has 0 aliphatic heterocycles. The number of ether oxygens (including phenoxy) is 1. The number of nitrogens with one attached hydrogen (secondary N) is 1. The number of aryl methyl sites for hydroxylation is 1. The first-order valence-corrected chi connectivity index (χ1v) is 6.06. The average molecular weight is 293 g/mol. The summed E-state index contributed by atoms with van der Waals surface area (Å²) in [5, 5.41) is 3.06. The van der Waals surface area contributed by atoms with Crippen LogP contribution < -0.4 is 10.1 Å². The maximum absolute atomic E-state index is 5.65. The van der Waals surface area contributed by atoms with Crippen molar-refractivity contribution in [2.24, 2.45) is 0 Å². The van der Waals surface area contributed by atoms with Crippen LogP contribution in [0.25, 0.3) is 0 Å². The van der Waals surface area contributed by atoms with Crippen LogP contribution in [0.5, 0.6) is 11.6 Å². The molecule has 0 bridgehead atoms. The van der Waals surface area contributed by atoms with Gasteiger partial charge < -0.3 is 10.1 Å². The second-order valence-electron chi connectivity index (χ2n) is 3.65. The lowest BCUT2D eigenvalue weighted by atomic mass is 10.3. The lowest BCUT2D eigenvalue weighted by Gasteiger charge is -2.07. The minimum atomic E-state index is 0.600. The molecule has 4 heteroatoms. The van der Waals surface area contributed by atoms with Crippen LogP contribution in [-0.4, -0.2) is 12.0 Å². The van der Waals surface area contributed by atoms with Crippen molar-refractivity contribution in [3.05, 3.63) is 46.6 Å². The Balaban J connectivity index is 2.16. The van der Waals surface area contributed by atoms with Crippen molar-refractivity contribution in [3.8, 4) is 11.6 Å². The standard InChI is InChI=1S/C13H13BrN2O/c1-9-7-13(16-8-12(9)14)17-11-5-3-10(15-2)4-6-11/h3-8,15H,1-2H3. The van der Waals surface area contributed by atoms with E-state index in [2.05, 4.69) is 26.2 Å². The molecule has 0 saturated carbocycles. The highest BCUT2D eigenvalue weighted by molar-refractivity contribution is 9.10. The number of hydrogen-bond acceptors (Lipinski definition) is 3. The molecule has 0 aliphatic rings. The highest BCUT2D eigenvalue weighted by Crippen LogP contribution is 2.24. The summed E-state index contributed by atoms with van der Waals surface area (Å²) in [4.78, 5) is 4.19. The molecule has 0 atom stereocenters. The zero-order chi connectivity index (χ0) is 12.3. The molecule has 0 aliphatic carbocycles. The summed E-state index contributed by atoms with van der Waals surface area (Å²) in [5.74, 6) is 1.38. The Kier molecular flexibility index (Phi) is 3.64. The number of hydrogen-bond donors (Lipinski definition) is 1. The average Bonchev–Trinajstić information content (AvgIpc) is 2.35. The molecule has 0 saturated heterocycles. The summed E-state index contributed by atoms with van der Waals surface area (Å²) in [5.41, 5.74) is 2.15. The van der Waals surface area contributed by atoms with Crippen LogP contribution in [0.4, 0.5) is 5.69 Å². The lowest BCUT2D eigenvalue weighted by molar-refractivity contribution is 0.462. The molecular formula is C13H13BrN2O. The van der Waals surface area contributed by atoms with E-state index in [9.17, 15) is 0 Å². The van der Waals surface area contributed by atoms with E-state index in [0.717, 1.165) is 21.5 Å². The maximum Gasteiger partial charge on any atom is 0.219 e. The fraction of sp³-hybridized carbons (Fsp3) is 0.154. The summed E-state index contributed by atoms with van der Waals surface area (Å²) in [6.07, 6.45) is 1.74. The zero-order valence-corrected chi connectivity index (χ0v) is 11.3. The van der Waals surface area contributed by atoms with Crippen molar-refractivity contribution in [1.29, 1.82) is 0 Å². The monoisotopic (exact) mass is 292 g/mol. The fourth-order valence-corrected chi connectivity index (χ4v) is 1.60. The summed E-state index contributed by atoms with van der Waals surface area (Å²) in [7, 11) is 1.88. The van der Waals surface area contributed by atoms with Crippen LogP contribution in [0.2, 0.25) is 0 Å². The van der Waals surface area contributed by atoms with Gasteiger partial charge in [0, 0.05) is 29.5 Å². The van der Waals surface area contributed by atoms with Crippen LogP contribution in [0.1, 0.15) is 5.56 Å². The summed E-state index contributed by atoms with van der Waals surface area (Å²) in [6, 6.07) is 9.63. The molecule has 1 aromatic heterocycles. The third-order valence-corrected chi connectivity index (χ3v) is 3.22. The predicted octanol–water partition coefficient (Wildman–Crippen LogP) is 3.99. The summed E-state index contributed by atoms with van der Waals surface area (Å²) >= 11 is 3.41. The minimum Gasteiger partial charge on any atom is -0.439 e. The van der Waals surface area contributed by atoms with Crippen molar-refractivity contribution in [2.45, 2.75) is 6.92 Å². The van der Waals surface area contributed by atoms with E-state index in [1.165, 1.54) is 0 Å². The van der Waals surface area contributed by atoms with E-state index < -0.39 is 0 Å². The Morgan fingerprint density at radius 2 is 1.94 bits per heavy atom. The van der Waals surface area contributed by atoms with Gasteiger partial charge in [-0.05, 0) is 52.7 Å². The highest BCUT2D eigenvalue weighted by Gasteiger charge is 2.01. The maximum atomic E-state index is 5.65. The Bertz CT molecular complexity index is 511. The van der Waals surface area contributed by atoms with Crippen LogP contribution >= 0.6 is 15.9 Å². The Hall–Kier alpha value is -1.55. The number of pyridine rings is 1. The van der Waals surface area contributed by atoms with Crippen LogP contribution in [0.3, 0.4) is 0 Å². The molecule has 0 radical (unpaired) electrons. The molecule has 2 aromatic rings. The molecule has 88 valence electrons.